The number of unbranched alkanes of at least 4 members (excludes halogenated alkanes) is 1. The van der Waals surface area contributed by atoms with Crippen molar-refractivity contribution in [3.63, 3.8) is 0 Å². The first-order chi connectivity index (χ1) is 12.7. The molecule has 4 aromatic rings. The summed E-state index contributed by atoms with van der Waals surface area (Å²) in [7, 11) is 0. The van der Waals surface area contributed by atoms with Gasteiger partial charge in [-0.2, -0.15) is 0 Å². The van der Waals surface area contributed by atoms with Gasteiger partial charge in [0.2, 0.25) is 0 Å². The first-order valence-corrected chi connectivity index (χ1v) is 8.81. The second-order valence-corrected chi connectivity index (χ2v) is 6.52. The number of hydrogen-bond donors (Lipinski definition) is 2. The Hall–Kier alpha value is -3.14. The van der Waals surface area contributed by atoms with Crippen LogP contribution in [0.5, 0.6) is 0 Å². The minimum absolute atomic E-state index is 0.847. The van der Waals surface area contributed by atoms with E-state index in [0.717, 1.165) is 70.3 Å². The van der Waals surface area contributed by atoms with Crippen LogP contribution >= 0.6 is 0 Å². The molecule has 0 aliphatic carbocycles. The zero-order chi connectivity index (χ0) is 17.9. The molecule has 0 atom stereocenters. The Bertz CT molecular complexity index is 1000. The van der Waals surface area contributed by atoms with Crippen LogP contribution in [0.3, 0.4) is 0 Å². The Labute approximate surface area is 151 Å². The van der Waals surface area contributed by atoms with Crippen LogP contribution in [-0.2, 0) is 12.8 Å². The molecule has 130 valence electrons. The lowest BCUT2D eigenvalue weighted by molar-refractivity contribution is 0.509. The molecule has 0 amide bonds. The predicted molar refractivity (Wildman–Crippen MR) is 105 cm³/mol. The lowest BCUT2D eigenvalue weighted by atomic mass is 10.1. The molecule has 2 N–H and O–H groups in total. The number of aryl methyl sites for hydroxylation is 2. The maximum Gasteiger partial charge on any atom is 0.134 e. The molecule has 0 saturated carbocycles. The van der Waals surface area contributed by atoms with Crippen molar-refractivity contribution in [2.75, 3.05) is 0 Å². The summed E-state index contributed by atoms with van der Waals surface area (Å²) in [5, 5.41) is 16.8. The maximum absolute atomic E-state index is 7.32. The maximum atomic E-state index is 7.32. The molecule has 0 spiro atoms. The van der Waals surface area contributed by atoms with Gasteiger partial charge in [-0.05, 0) is 48.2 Å². The van der Waals surface area contributed by atoms with Crippen molar-refractivity contribution in [1.29, 1.82) is 10.8 Å². The zero-order valence-corrected chi connectivity index (χ0v) is 14.4. The molecule has 0 radical (unpaired) electrons. The van der Waals surface area contributed by atoms with E-state index in [1.165, 1.54) is 12.4 Å². The van der Waals surface area contributed by atoms with E-state index < -0.39 is 0 Å². The van der Waals surface area contributed by atoms with Gasteiger partial charge >= 0.3 is 0 Å². The highest BCUT2D eigenvalue weighted by molar-refractivity contribution is 5.87. The Kier molecular flexibility index (Phi) is 4.40. The van der Waals surface area contributed by atoms with Gasteiger partial charge in [0.15, 0.2) is 0 Å². The number of rotatable bonds is 7. The molecule has 0 saturated heterocycles. The third-order valence-electron chi connectivity index (χ3n) is 4.62. The van der Waals surface area contributed by atoms with Gasteiger partial charge in [-0.15, -0.1) is 0 Å². The van der Waals surface area contributed by atoms with Gasteiger partial charge in [0, 0.05) is 36.0 Å². The van der Waals surface area contributed by atoms with Crippen molar-refractivity contribution in [2.24, 2.45) is 0 Å². The van der Waals surface area contributed by atoms with Crippen LogP contribution in [0.15, 0.2) is 57.4 Å². The Morgan fingerprint density at radius 2 is 1.12 bits per heavy atom. The van der Waals surface area contributed by atoms with Crippen molar-refractivity contribution in [3.05, 3.63) is 71.2 Å². The lowest BCUT2D eigenvalue weighted by Crippen LogP contribution is -1.86. The second kappa shape index (κ2) is 7.00. The Balaban J connectivity index is 1.36. The molecule has 0 aliphatic rings. The van der Waals surface area contributed by atoms with Crippen LogP contribution in [0.4, 0.5) is 0 Å². The molecular weight excluding hydrogens is 324 g/mol. The van der Waals surface area contributed by atoms with Crippen molar-refractivity contribution >= 4 is 34.4 Å². The fourth-order valence-electron chi connectivity index (χ4n) is 3.23. The normalized spacial score (nSPS) is 11.2. The summed E-state index contributed by atoms with van der Waals surface area (Å²) < 4.78 is 11.8. The fraction of sp³-hybridized carbons (Fsp3) is 0.182. The largest absolute Gasteiger partial charge is 0.461 e. The molecule has 0 fully saturated rings. The van der Waals surface area contributed by atoms with Crippen LogP contribution in [0.2, 0.25) is 0 Å². The molecule has 4 heteroatoms. The smallest absolute Gasteiger partial charge is 0.134 e. The van der Waals surface area contributed by atoms with Gasteiger partial charge in [-0.3, -0.25) is 0 Å². The molecule has 4 rings (SSSR count). The molecule has 26 heavy (non-hydrogen) atoms. The summed E-state index contributed by atoms with van der Waals surface area (Å²) in [4.78, 5) is 0. The molecule has 0 unspecified atom stereocenters. The molecular formula is C22H20N2O2. The SMILES string of the molecule is N=Cc1ccc2cc(CCCCc3cc4ccc(C=N)cc4o3)oc2c1. The number of fused-ring (bicyclic) bond motifs is 2. The molecule has 2 aromatic carbocycles. The molecule has 2 aromatic heterocycles. The van der Waals surface area contributed by atoms with Crippen molar-refractivity contribution < 1.29 is 8.83 Å². The summed E-state index contributed by atoms with van der Waals surface area (Å²) in [6.45, 7) is 0. The highest BCUT2D eigenvalue weighted by Gasteiger charge is 2.07. The summed E-state index contributed by atoms with van der Waals surface area (Å²) in [6.07, 6.45) is 6.51. The second-order valence-electron chi connectivity index (χ2n) is 6.52. The Morgan fingerprint density at radius 3 is 1.54 bits per heavy atom. The van der Waals surface area contributed by atoms with Crippen LogP contribution < -0.4 is 0 Å². The number of benzene rings is 2. The highest BCUT2D eigenvalue weighted by atomic mass is 16.3. The average molecular weight is 344 g/mol. The van der Waals surface area contributed by atoms with Crippen molar-refractivity contribution in [1.82, 2.24) is 0 Å². The van der Waals surface area contributed by atoms with Gasteiger partial charge in [0.1, 0.15) is 22.7 Å². The van der Waals surface area contributed by atoms with E-state index >= 15 is 0 Å². The van der Waals surface area contributed by atoms with Crippen molar-refractivity contribution in [2.45, 2.75) is 25.7 Å². The Morgan fingerprint density at radius 1 is 0.654 bits per heavy atom. The van der Waals surface area contributed by atoms with E-state index in [0.29, 0.717) is 0 Å². The fourth-order valence-corrected chi connectivity index (χ4v) is 3.23. The first-order valence-electron chi connectivity index (χ1n) is 8.81. The highest BCUT2D eigenvalue weighted by Crippen LogP contribution is 2.24. The third-order valence-corrected chi connectivity index (χ3v) is 4.62. The third kappa shape index (κ3) is 3.31. The van der Waals surface area contributed by atoms with E-state index in [-0.39, 0.29) is 0 Å². The van der Waals surface area contributed by atoms with Crippen LogP contribution in [0.25, 0.3) is 21.9 Å². The number of hydrogen-bond acceptors (Lipinski definition) is 4. The van der Waals surface area contributed by atoms with E-state index in [1.54, 1.807) is 0 Å². The number of furan rings is 2. The van der Waals surface area contributed by atoms with Crippen LogP contribution in [0.1, 0.15) is 35.5 Å². The topological polar surface area (TPSA) is 74.0 Å². The van der Waals surface area contributed by atoms with E-state index in [9.17, 15) is 0 Å². The van der Waals surface area contributed by atoms with Crippen LogP contribution in [0, 0.1) is 10.8 Å². The first kappa shape index (κ1) is 16.3. The summed E-state index contributed by atoms with van der Waals surface area (Å²) in [5.74, 6) is 1.98. The molecule has 0 aliphatic heterocycles. The lowest BCUT2D eigenvalue weighted by Gasteiger charge is -1.97. The van der Waals surface area contributed by atoms with Gasteiger partial charge in [0.25, 0.3) is 0 Å². The average Bonchev–Trinajstić information content (AvgIpc) is 3.26. The molecule has 2 heterocycles. The standard InChI is InChI=1S/C22H20N2O2/c23-13-15-5-7-17-11-19(25-21(17)9-15)3-1-2-4-20-12-18-8-6-16(14-24)10-22(18)26-20/h5-14,23-24H,1-4H2. The summed E-state index contributed by atoms with van der Waals surface area (Å²) in [5.41, 5.74) is 3.41. The predicted octanol–water partition coefficient (Wildman–Crippen LogP) is 5.74. The van der Waals surface area contributed by atoms with E-state index in [4.69, 9.17) is 19.7 Å². The molecule has 4 nitrogen and oxygen atoms in total. The minimum atomic E-state index is 0.847. The van der Waals surface area contributed by atoms with Crippen LogP contribution in [-0.4, -0.2) is 12.4 Å². The number of nitrogens with one attached hydrogen (secondary N) is 2. The van der Waals surface area contributed by atoms with Crippen molar-refractivity contribution in [3.8, 4) is 0 Å². The van der Waals surface area contributed by atoms with E-state index in [1.807, 2.05) is 36.4 Å². The minimum Gasteiger partial charge on any atom is -0.461 e. The van der Waals surface area contributed by atoms with E-state index in [2.05, 4.69) is 12.1 Å². The summed E-state index contributed by atoms with van der Waals surface area (Å²) >= 11 is 0. The quantitative estimate of drug-likeness (QED) is 0.331. The van der Waals surface area contributed by atoms with Gasteiger partial charge < -0.3 is 19.7 Å². The monoisotopic (exact) mass is 344 g/mol. The van der Waals surface area contributed by atoms with Gasteiger partial charge in [-0.25, -0.2) is 0 Å². The summed E-state index contributed by atoms with van der Waals surface area (Å²) in [6, 6.07) is 15.8. The van der Waals surface area contributed by atoms with Gasteiger partial charge in [-0.1, -0.05) is 24.3 Å². The zero-order valence-electron chi connectivity index (χ0n) is 14.4. The molecule has 0 bridgehead atoms. The van der Waals surface area contributed by atoms with Gasteiger partial charge in [0.05, 0.1) is 0 Å².